The van der Waals surface area contributed by atoms with E-state index in [0.29, 0.717) is 5.41 Å². The van der Waals surface area contributed by atoms with E-state index in [1.54, 1.807) is 0 Å². The Morgan fingerprint density at radius 2 is 1.58 bits per heavy atom. The fourth-order valence-electron chi connectivity index (χ4n) is 6.04. The fourth-order valence-corrected chi connectivity index (χ4v) is 6.04. The highest BCUT2D eigenvalue weighted by Crippen LogP contribution is 2.60. The van der Waals surface area contributed by atoms with E-state index >= 15 is 0 Å². The van der Waals surface area contributed by atoms with E-state index in [4.69, 9.17) is 0 Å². The number of nitrogens with zero attached hydrogens (tertiary/aromatic N) is 1. The number of carbonyl (C=O) groups is 1. The Hall–Kier alpha value is -2.43. The lowest BCUT2D eigenvalue weighted by Crippen LogP contribution is -2.48. The zero-order chi connectivity index (χ0) is 17.7. The van der Waals surface area contributed by atoms with Gasteiger partial charge in [0.25, 0.3) is 11.5 Å². The van der Waals surface area contributed by atoms with Crippen LogP contribution in [0.5, 0.6) is 0 Å². The smallest absolute Gasteiger partial charge is 0.276 e. The number of hydrogen-bond donors (Lipinski definition) is 2. The van der Waals surface area contributed by atoms with Gasteiger partial charge in [-0.25, -0.2) is 5.10 Å². The number of carbonyl (C=O) groups excluding carboxylic acids is 1. The average molecular weight is 349 g/mol. The first-order valence-corrected chi connectivity index (χ1v) is 9.57. The minimum atomic E-state index is -0.318. The lowest BCUT2D eigenvalue weighted by Gasteiger charge is -2.57. The fraction of sp³-hybridized carbons (Fsp3) is 0.476. The highest BCUT2D eigenvalue weighted by atomic mass is 16.2. The minimum Gasteiger partial charge on any atom is -0.321 e. The molecule has 0 atom stereocenters. The Labute approximate surface area is 152 Å². The molecule has 0 spiro atoms. The van der Waals surface area contributed by atoms with Gasteiger partial charge < -0.3 is 5.32 Å². The third kappa shape index (κ3) is 2.66. The van der Waals surface area contributed by atoms with Crippen molar-refractivity contribution in [3.63, 3.8) is 0 Å². The number of aromatic nitrogens is 2. The number of nitrogens with one attached hydrogen (secondary N) is 2. The molecule has 4 aliphatic carbocycles. The van der Waals surface area contributed by atoms with Crippen LogP contribution in [0.15, 0.2) is 41.2 Å². The molecular formula is C21H23N3O2. The first-order chi connectivity index (χ1) is 12.6. The second-order valence-corrected chi connectivity index (χ2v) is 8.54. The molecule has 0 aliphatic heterocycles. The van der Waals surface area contributed by atoms with Crippen molar-refractivity contribution in [1.82, 2.24) is 10.2 Å². The lowest BCUT2D eigenvalue weighted by atomic mass is 9.48. The van der Waals surface area contributed by atoms with Gasteiger partial charge in [-0.3, -0.25) is 9.59 Å². The van der Waals surface area contributed by atoms with Crippen LogP contribution >= 0.6 is 0 Å². The van der Waals surface area contributed by atoms with Gasteiger partial charge in [0.2, 0.25) is 0 Å². The SMILES string of the molecule is O=C(Nc1ccc(C23CC4CC(CC(C4)C2)C3)cc1)c1ccc(=O)[nH]n1. The van der Waals surface area contributed by atoms with Gasteiger partial charge in [0.05, 0.1) is 0 Å². The number of anilines is 1. The summed E-state index contributed by atoms with van der Waals surface area (Å²) in [4.78, 5) is 23.3. The summed E-state index contributed by atoms with van der Waals surface area (Å²) >= 11 is 0. The molecule has 5 nitrogen and oxygen atoms in total. The normalized spacial score (nSPS) is 31.8. The Balaban J connectivity index is 1.34. The molecular weight excluding hydrogens is 326 g/mol. The molecule has 1 aromatic heterocycles. The van der Waals surface area contributed by atoms with Crippen LogP contribution in [0.3, 0.4) is 0 Å². The average Bonchev–Trinajstić information content (AvgIpc) is 2.61. The molecule has 6 rings (SSSR count). The van der Waals surface area contributed by atoms with Crippen molar-refractivity contribution in [2.75, 3.05) is 5.32 Å². The van der Waals surface area contributed by atoms with Gasteiger partial charge in [0.1, 0.15) is 5.69 Å². The maximum atomic E-state index is 12.2. The van der Waals surface area contributed by atoms with Crippen LogP contribution in [0.2, 0.25) is 0 Å². The Morgan fingerprint density at radius 1 is 0.962 bits per heavy atom. The standard InChI is InChI=1S/C21H23N3O2/c25-19-6-5-18(23-24-19)20(26)22-17-3-1-16(2-4-17)21-10-13-7-14(11-21)9-15(8-13)12-21/h1-6,13-15H,7-12H2,(H,22,26)(H,24,25). The molecule has 4 saturated carbocycles. The van der Waals surface area contributed by atoms with Gasteiger partial charge >= 0.3 is 0 Å². The Bertz CT molecular complexity index is 844. The summed E-state index contributed by atoms with van der Waals surface area (Å²) in [6.45, 7) is 0. The second-order valence-electron chi connectivity index (χ2n) is 8.54. The summed E-state index contributed by atoms with van der Waals surface area (Å²) < 4.78 is 0. The molecule has 5 heteroatoms. The summed E-state index contributed by atoms with van der Waals surface area (Å²) in [5.41, 5.74) is 2.46. The van der Waals surface area contributed by atoms with E-state index in [-0.39, 0.29) is 17.2 Å². The monoisotopic (exact) mass is 349 g/mol. The van der Waals surface area contributed by atoms with E-state index in [2.05, 4.69) is 27.6 Å². The zero-order valence-corrected chi connectivity index (χ0v) is 14.7. The second kappa shape index (κ2) is 5.79. The van der Waals surface area contributed by atoms with Crippen molar-refractivity contribution in [2.45, 2.75) is 43.9 Å². The number of rotatable bonds is 3. The quantitative estimate of drug-likeness (QED) is 0.891. The molecule has 4 bridgehead atoms. The van der Waals surface area contributed by atoms with Crippen LogP contribution in [0.25, 0.3) is 0 Å². The lowest BCUT2D eigenvalue weighted by molar-refractivity contribution is -0.00518. The molecule has 1 aromatic carbocycles. The van der Waals surface area contributed by atoms with Crippen LogP contribution in [-0.4, -0.2) is 16.1 Å². The molecule has 4 fully saturated rings. The molecule has 4 aliphatic rings. The molecule has 134 valence electrons. The minimum absolute atomic E-state index is 0.203. The van der Waals surface area contributed by atoms with Crippen molar-refractivity contribution in [1.29, 1.82) is 0 Å². The maximum absolute atomic E-state index is 12.2. The van der Waals surface area contributed by atoms with E-state index in [9.17, 15) is 9.59 Å². The van der Waals surface area contributed by atoms with Crippen LogP contribution in [0.4, 0.5) is 5.69 Å². The summed E-state index contributed by atoms with van der Waals surface area (Å²) in [7, 11) is 0. The number of aromatic amines is 1. The van der Waals surface area contributed by atoms with Gasteiger partial charge in [0, 0.05) is 11.8 Å². The first-order valence-electron chi connectivity index (χ1n) is 9.57. The largest absolute Gasteiger partial charge is 0.321 e. The van der Waals surface area contributed by atoms with Gasteiger partial charge in [0.15, 0.2) is 0 Å². The molecule has 2 aromatic rings. The van der Waals surface area contributed by atoms with Gasteiger partial charge in [-0.05, 0) is 85.5 Å². The summed E-state index contributed by atoms with van der Waals surface area (Å²) in [5, 5.41) is 8.91. The molecule has 26 heavy (non-hydrogen) atoms. The van der Waals surface area contributed by atoms with Crippen LogP contribution < -0.4 is 10.9 Å². The molecule has 0 unspecified atom stereocenters. The van der Waals surface area contributed by atoms with E-state index in [0.717, 1.165) is 23.4 Å². The molecule has 0 radical (unpaired) electrons. The van der Waals surface area contributed by atoms with Crippen molar-refractivity contribution >= 4 is 11.6 Å². The molecule has 1 heterocycles. The Morgan fingerprint density at radius 3 is 2.12 bits per heavy atom. The molecule has 0 saturated heterocycles. The summed E-state index contributed by atoms with van der Waals surface area (Å²) in [6.07, 6.45) is 8.35. The highest BCUT2D eigenvalue weighted by molar-refractivity contribution is 6.02. The number of amides is 1. The van der Waals surface area contributed by atoms with Crippen molar-refractivity contribution in [2.24, 2.45) is 17.8 Å². The summed E-state index contributed by atoms with van der Waals surface area (Å²) in [5.74, 6) is 2.45. The maximum Gasteiger partial charge on any atom is 0.276 e. The number of H-pyrrole nitrogens is 1. The predicted molar refractivity (Wildman–Crippen MR) is 99.1 cm³/mol. The topological polar surface area (TPSA) is 74.8 Å². The van der Waals surface area contributed by atoms with E-state index in [1.807, 2.05) is 12.1 Å². The first kappa shape index (κ1) is 15.8. The van der Waals surface area contributed by atoms with Crippen molar-refractivity contribution in [3.8, 4) is 0 Å². The van der Waals surface area contributed by atoms with Crippen LogP contribution in [0, 0.1) is 17.8 Å². The van der Waals surface area contributed by atoms with Crippen molar-refractivity contribution in [3.05, 3.63) is 58.0 Å². The third-order valence-corrected chi connectivity index (χ3v) is 6.71. The number of benzene rings is 1. The zero-order valence-electron chi connectivity index (χ0n) is 14.7. The molecule has 2 N–H and O–H groups in total. The van der Waals surface area contributed by atoms with E-state index in [1.165, 1.54) is 56.2 Å². The van der Waals surface area contributed by atoms with Gasteiger partial charge in [-0.1, -0.05) is 12.1 Å². The predicted octanol–water partition coefficient (Wildman–Crippen LogP) is 3.49. The third-order valence-electron chi connectivity index (χ3n) is 6.71. The number of hydrogen-bond acceptors (Lipinski definition) is 3. The highest BCUT2D eigenvalue weighted by Gasteiger charge is 2.51. The van der Waals surface area contributed by atoms with Crippen molar-refractivity contribution < 1.29 is 4.79 Å². The van der Waals surface area contributed by atoms with E-state index < -0.39 is 0 Å². The van der Waals surface area contributed by atoms with Gasteiger partial charge in [-0.2, -0.15) is 5.10 Å². The van der Waals surface area contributed by atoms with Crippen LogP contribution in [-0.2, 0) is 5.41 Å². The van der Waals surface area contributed by atoms with Gasteiger partial charge in [-0.15, -0.1) is 0 Å². The van der Waals surface area contributed by atoms with Crippen LogP contribution in [0.1, 0.15) is 54.6 Å². The molecule has 1 amide bonds. The Kier molecular flexibility index (Phi) is 3.52. The summed E-state index contributed by atoms with van der Waals surface area (Å²) in [6, 6.07) is 11.1.